The quantitative estimate of drug-likeness (QED) is 0.901. The van der Waals surface area contributed by atoms with Gasteiger partial charge in [-0.2, -0.15) is 5.26 Å². The molecule has 1 fully saturated rings. The lowest BCUT2D eigenvalue weighted by molar-refractivity contribution is -0.134. The summed E-state index contributed by atoms with van der Waals surface area (Å²) in [7, 11) is 0. The summed E-state index contributed by atoms with van der Waals surface area (Å²) < 4.78 is 0. The van der Waals surface area contributed by atoms with Gasteiger partial charge in [0.05, 0.1) is 11.6 Å². The van der Waals surface area contributed by atoms with Gasteiger partial charge in [0, 0.05) is 19.0 Å². The lowest BCUT2D eigenvalue weighted by atomic mass is 10.1. The Bertz CT molecular complexity index is 589. The zero-order valence-electron chi connectivity index (χ0n) is 13.0. The standard InChI is InChI=1S/C17H21N3O2/c1-3-12(2)16(21)19-15-8-9-20(17(15)22)11-14-6-4-13(10-18)5-7-14/h4-7,12,15H,3,8-9,11H2,1-2H3,(H,19,21)/t12-,15-/m1/s1. The molecule has 1 N–H and O–H groups in total. The number of nitrogens with zero attached hydrogens (tertiary/aromatic N) is 2. The molecule has 5 nitrogen and oxygen atoms in total. The van der Waals surface area contributed by atoms with Crippen LogP contribution in [0.25, 0.3) is 0 Å². The molecule has 1 aromatic rings. The van der Waals surface area contributed by atoms with Crippen molar-refractivity contribution in [2.45, 2.75) is 39.3 Å². The summed E-state index contributed by atoms with van der Waals surface area (Å²) in [6, 6.07) is 8.88. The highest BCUT2D eigenvalue weighted by Gasteiger charge is 2.33. The van der Waals surface area contributed by atoms with E-state index in [0.29, 0.717) is 25.1 Å². The molecule has 1 heterocycles. The molecule has 2 amide bonds. The molecule has 116 valence electrons. The first-order valence-corrected chi connectivity index (χ1v) is 7.63. The number of amides is 2. The average molecular weight is 299 g/mol. The molecule has 0 aliphatic carbocycles. The molecule has 22 heavy (non-hydrogen) atoms. The number of benzene rings is 1. The average Bonchev–Trinajstić information content (AvgIpc) is 2.88. The van der Waals surface area contributed by atoms with E-state index in [0.717, 1.165) is 12.0 Å². The van der Waals surface area contributed by atoms with E-state index in [9.17, 15) is 9.59 Å². The minimum absolute atomic E-state index is 0.0268. The van der Waals surface area contributed by atoms with Gasteiger partial charge in [0.25, 0.3) is 0 Å². The summed E-state index contributed by atoms with van der Waals surface area (Å²) in [6.45, 7) is 4.98. The van der Waals surface area contributed by atoms with Crippen LogP contribution in [-0.2, 0) is 16.1 Å². The van der Waals surface area contributed by atoms with E-state index in [-0.39, 0.29) is 17.7 Å². The first kappa shape index (κ1) is 16.0. The maximum atomic E-state index is 12.3. The molecule has 1 aliphatic heterocycles. The van der Waals surface area contributed by atoms with Gasteiger partial charge in [-0.05, 0) is 30.5 Å². The summed E-state index contributed by atoms with van der Waals surface area (Å²) in [4.78, 5) is 26.0. The summed E-state index contributed by atoms with van der Waals surface area (Å²) in [5.74, 6) is -0.150. The molecular formula is C17H21N3O2. The number of nitrogens with one attached hydrogen (secondary N) is 1. The van der Waals surface area contributed by atoms with Gasteiger partial charge < -0.3 is 10.2 Å². The summed E-state index contributed by atoms with van der Waals surface area (Å²) in [6.07, 6.45) is 1.42. The highest BCUT2D eigenvalue weighted by Crippen LogP contribution is 2.16. The van der Waals surface area contributed by atoms with Crippen molar-refractivity contribution in [1.82, 2.24) is 10.2 Å². The van der Waals surface area contributed by atoms with E-state index < -0.39 is 6.04 Å². The van der Waals surface area contributed by atoms with E-state index in [1.807, 2.05) is 26.0 Å². The van der Waals surface area contributed by atoms with E-state index in [1.54, 1.807) is 17.0 Å². The second kappa shape index (κ2) is 7.08. The van der Waals surface area contributed by atoms with Crippen LogP contribution >= 0.6 is 0 Å². The predicted molar refractivity (Wildman–Crippen MR) is 82.6 cm³/mol. The van der Waals surface area contributed by atoms with Crippen LogP contribution in [0.2, 0.25) is 0 Å². The third kappa shape index (κ3) is 3.64. The number of carbonyl (C=O) groups is 2. The SMILES string of the molecule is CC[C@@H](C)C(=O)N[C@@H]1CCN(Cc2ccc(C#N)cc2)C1=O. The molecule has 1 aromatic carbocycles. The molecule has 0 bridgehead atoms. The Morgan fingerprint density at radius 2 is 2.14 bits per heavy atom. The van der Waals surface area contributed by atoms with Crippen LogP contribution in [0.3, 0.4) is 0 Å². The lowest BCUT2D eigenvalue weighted by Gasteiger charge is -2.18. The second-order valence-electron chi connectivity index (χ2n) is 5.73. The lowest BCUT2D eigenvalue weighted by Crippen LogP contribution is -2.43. The van der Waals surface area contributed by atoms with Crippen molar-refractivity contribution in [1.29, 1.82) is 5.26 Å². The maximum absolute atomic E-state index is 12.3. The number of rotatable bonds is 5. The van der Waals surface area contributed by atoms with Crippen molar-refractivity contribution in [2.75, 3.05) is 6.54 Å². The molecule has 0 unspecified atom stereocenters. The molecule has 1 aliphatic rings. The fourth-order valence-corrected chi connectivity index (χ4v) is 2.43. The molecule has 2 rings (SSSR count). The number of likely N-dealkylation sites (tertiary alicyclic amines) is 1. The first-order valence-electron chi connectivity index (χ1n) is 7.63. The van der Waals surface area contributed by atoms with E-state index >= 15 is 0 Å². The number of nitriles is 1. The summed E-state index contributed by atoms with van der Waals surface area (Å²) in [5, 5.41) is 11.6. The van der Waals surface area contributed by atoms with E-state index in [1.165, 1.54) is 0 Å². The molecule has 1 saturated heterocycles. The Morgan fingerprint density at radius 1 is 1.45 bits per heavy atom. The molecule has 0 radical (unpaired) electrons. The number of hydrogen-bond donors (Lipinski definition) is 1. The van der Waals surface area contributed by atoms with E-state index in [4.69, 9.17) is 5.26 Å². The van der Waals surface area contributed by atoms with Crippen LogP contribution in [0.5, 0.6) is 0 Å². The Balaban J connectivity index is 1.93. The number of hydrogen-bond acceptors (Lipinski definition) is 3. The summed E-state index contributed by atoms with van der Waals surface area (Å²) >= 11 is 0. The molecular weight excluding hydrogens is 278 g/mol. The Labute approximate surface area is 130 Å². The van der Waals surface area contributed by atoms with Crippen molar-refractivity contribution >= 4 is 11.8 Å². The molecule has 0 aromatic heterocycles. The van der Waals surface area contributed by atoms with Gasteiger partial charge in [0.15, 0.2) is 0 Å². The summed E-state index contributed by atoms with van der Waals surface area (Å²) in [5.41, 5.74) is 1.59. The van der Waals surface area contributed by atoms with Gasteiger partial charge in [-0.25, -0.2) is 0 Å². The molecule has 2 atom stereocenters. The van der Waals surface area contributed by atoms with Crippen molar-refractivity contribution in [2.24, 2.45) is 5.92 Å². The first-order chi connectivity index (χ1) is 10.5. The van der Waals surface area contributed by atoms with Crippen molar-refractivity contribution in [3.63, 3.8) is 0 Å². The van der Waals surface area contributed by atoms with Crippen LogP contribution in [0.15, 0.2) is 24.3 Å². The topological polar surface area (TPSA) is 73.2 Å². The minimum Gasteiger partial charge on any atom is -0.344 e. The minimum atomic E-state index is -0.403. The van der Waals surface area contributed by atoms with Gasteiger partial charge in [0.1, 0.15) is 6.04 Å². The van der Waals surface area contributed by atoms with Gasteiger partial charge in [-0.1, -0.05) is 26.0 Å². The smallest absolute Gasteiger partial charge is 0.245 e. The van der Waals surface area contributed by atoms with Crippen LogP contribution in [0, 0.1) is 17.2 Å². The Morgan fingerprint density at radius 3 is 2.73 bits per heavy atom. The number of carbonyl (C=O) groups excluding carboxylic acids is 2. The zero-order valence-corrected chi connectivity index (χ0v) is 13.0. The van der Waals surface area contributed by atoms with Crippen LogP contribution in [0.1, 0.15) is 37.8 Å². The van der Waals surface area contributed by atoms with Gasteiger partial charge in [0.2, 0.25) is 11.8 Å². The highest BCUT2D eigenvalue weighted by molar-refractivity contribution is 5.89. The molecule has 5 heteroatoms. The second-order valence-corrected chi connectivity index (χ2v) is 5.73. The third-order valence-electron chi connectivity index (χ3n) is 4.13. The van der Waals surface area contributed by atoms with E-state index in [2.05, 4.69) is 11.4 Å². The molecule has 0 spiro atoms. The highest BCUT2D eigenvalue weighted by atomic mass is 16.2. The predicted octanol–water partition coefficient (Wildman–Crippen LogP) is 1.82. The van der Waals surface area contributed by atoms with Crippen LogP contribution in [0.4, 0.5) is 0 Å². The normalized spacial score (nSPS) is 18.9. The Hall–Kier alpha value is -2.35. The maximum Gasteiger partial charge on any atom is 0.245 e. The van der Waals surface area contributed by atoms with Crippen molar-refractivity contribution in [3.8, 4) is 6.07 Å². The molecule has 0 saturated carbocycles. The third-order valence-corrected chi connectivity index (χ3v) is 4.13. The van der Waals surface area contributed by atoms with Gasteiger partial charge in [-0.15, -0.1) is 0 Å². The fraction of sp³-hybridized carbons (Fsp3) is 0.471. The van der Waals surface area contributed by atoms with Crippen molar-refractivity contribution < 1.29 is 9.59 Å². The Kier molecular flexibility index (Phi) is 5.16. The fourth-order valence-electron chi connectivity index (χ4n) is 2.43. The van der Waals surface area contributed by atoms with Crippen LogP contribution in [-0.4, -0.2) is 29.3 Å². The van der Waals surface area contributed by atoms with Crippen molar-refractivity contribution in [3.05, 3.63) is 35.4 Å². The van der Waals surface area contributed by atoms with Gasteiger partial charge in [-0.3, -0.25) is 9.59 Å². The van der Waals surface area contributed by atoms with Crippen LogP contribution < -0.4 is 5.32 Å². The van der Waals surface area contributed by atoms with Gasteiger partial charge >= 0.3 is 0 Å². The zero-order chi connectivity index (χ0) is 16.1. The largest absolute Gasteiger partial charge is 0.344 e. The monoisotopic (exact) mass is 299 g/mol.